The summed E-state index contributed by atoms with van der Waals surface area (Å²) in [4.78, 5) is 13.6. The quantitative estimate of drug-likeness (QED) is 0.439. The summed E-state index contributed by atoms with van der Waals surface area (Å²) in [5.41, 5.74) is 7.54. The van der Waals surface area contributed by atoms with Crippen LogP contribution in [0.3, 0.4) is 0 Å². The molecule has 1 aliphatic heterocycles. The Bertz CT molecular complexity index is 971. The van der Waals surface area contributed by atoms with Crippen LogP contribution in [0.15, 0.2) is 48.8 Å². The summed E-state index contributed by atoms with van der Waals surface area (Å²) in [5.74, 6) is 1.21. The van der Waals surface area contributed by atoms with E-state index in [4.69, 9.17) is 10.7 Å². The predicted octanol–water partition coefficient (Wildman–Crippen LogP) is 5.81. The third kappa shape index (κ3) is 9.14. The summed E-state index contributed by atoms with van der Waals surface area (Å²) in [6.07, 6.45) is 20.5. The third-order valence-corrected chi connectivity index (χ3v) is 7.42. The molecule has 2 atom stereocenters. The summed E-state index contributed by atoms with van der Waals surface area (Å²) >= 11 is 0. The van der Waals surface area contributed by atoms with Crippen LogP contribution in [-0.2, 0) is 0 Å². The lowest BCUT2D eigenvalue weighted by Gasteiger charge is -2.28. The van der Waals surface area contributed by atoms with Gasteiger partial charge in [-0.3, -0.25) is 4.90 Å². The molecule has 0 amide bonds. The molecule has 1 unspecified atom stereocenters. The SMILES string of the molecule is C#C.C=C(N)C(C)NC.CN(c1nccc([C@@H]2CCCN2CCC2CCCCC2)n1)c1ccccc1F. The Kier molecular flexibility index (Phi) is 13.1. The van der Waals surface area contributed by atoms with Crippen LogP contribution in [0.2, 0.25) is 0 Å². The van der Waals surface area contributed by atoms with Gasteiger partial charge in [-0.05, 0) is 70.4 Å². The third-order valence-electron chi connectivity index (χ3n) is 7.42. The number of likely N-dealkylation sites (tertiary alicyclic amines) is 1. The van der Waals surface area contributed by atoms with Crippen molar-refractivity contribution in [1.82, 2.24) is 20.2 Å². The standard InChI is InChI=1S/C23H31FN4.C5H12N2.C2H2/c1-27(21-11-6-5-10-19(21)24)23-25-15-13-20(26-23)22-12-7-16-28(22)17-14-18-8-3-2-4-9-18;1-4(6)5(2)7-3;1-2/h5-6,10-11,13,15,18,22H,2-4,7-9,12,14,16-17H2,1H3;5,7H,1,6H2,2-3H3;1-2H/t22-;;/m0../s1. The van der Waals surface area contributed by atoms with Crippen LogP contribution < -0.4 is 16.0 Å². The van der Waals surface area contributed by atoms with E-state index in [1.165, 1.54) is 51.0 Å². The fourth-order valence-corrected chi connectivity index (χ4v) is 4.98. The topological polar surface area (TPSA) is 70.3 Å². The van der Waals surface area contributed by atoms with E-state index in [9.17, 15) is 4.39 Å². The molecule has 1 saturated heterocycles. The number of hydrogen-bond donors (Lipinski definition) is 2. The van der Waals surface area contributed by atoms with Crippen molar-refractivity contribution >= 4 is 11.6 Å². The second kappa shape index (κ2) is 16.0. The Balaban J connectivity index is 0.000000465. The fourth-order valence-electron chi connectivity index (χ4n) is 4.98. The van der Waals surface area contributed by atoms with E-state index in [1.807, 2.05) is 39.3 Å². The first-order valence-electron chi connectivity index (χ1n) is 13.4. The van der Waals surface area contributed by atoms with Gasteiger partial charge in [0.05, 0.1) is 17.4 Å². The van der Waals surface area contributed by atoms with Crippen molar-refractivity contribution < 1.29 is 4.39 Å². The van der Waals surface area contributed by atoms with Crippen LogP contribution in [0, 0.1) is 24.6 Å². The normalized spacial score (nSPS) is 18.6. The van der Waals surface area contributed by atoms with Gasteiger partial charge in [-0.15, -0.1) is 12.8 Å². The summed E-state index contributed by atoms with van der Waals surface area (Å²) in [6.45, 7) is 7.82. The molecule has 4 rings (SSSR count). The van der Waals surface area contributed by atoms with Crippen LogP contribution in [0.5, 0.6) is 0 Å². The molecule has 1 aromatic carbocycles. The first-order chi connectivity index (χ1) is 17.9. The van der Waals surface area contributed by atoms with Crippen molar-refractivity contribution in [1.29, 1.82) is 0 Å². The van der Waals surface area contributed by atoms with Crippen molar-refractivity contribution in [3.63, 3.8) is 0 Å². The smallest absolute Gasteiger partial charge is 0.229 e. The molecule has 0 bridgehead atoms. The first kappa shape index (κ1) is 30.3. The maximum absolute atomic E-state index is 14.2. The van der Waals surface area contributed by atoms with Crippen LogP contribution in [0.25, 0.3) is 0 Å². The number of rotatable bonds is 8. The molecule has 202 valence electrons. The molecule has 6 nitrogen and oxygen atoms in total. The highest BCUT2D eigenvalue weighted by atomic mass is 19.1. The van der Waals surface area contributed by atoms with Gasteiger partial charge in [-0.2, -0.15) is 0 Å². The average molecular weight is 509 g/mol. The lowest BCUT2D eigenvalue weighted by Crippen LogP contribution is -2.27. The Morgan fingerprint density at radius 1 is 1.19 bits per heavy atom. The van der Waals surface area contributed by atoms with Gasteiger partial charge in [0.15, 0.2) is 0 Å². The van der Waals surface area contributed by atoms with Crippen LogP contribution in [-0.4, -0.2) is 48.1 Å². The number of anilines is 2. The fraction of sp³-hybridized carbons (Fsp3) is 0.533. The number of para-hydroxylation sites is 1. The van der Waals surface area contributed by atoms with Crippen LogP contribution >= 0.6 is 0 Å². The van der Waals surface area contributed by atoms with Gasteiger partial charge >= 0.3 is 0 Å². The van der Waals surface area contributed by atoms with Gasteiger partial charge in [0.1, 0.15) is 5.82 Å². The molecule has 1 aliphatic carbocycles. The molecule has 2 heterocycles. The van der Waals surface area contributed by atoms with Gasteiger partial charge in [0, 0.05) is 25.0 Å². The molecule has 3 N–H and O–H groups in total. The Morgan fingerprint density at radius 3 is 2.51 bits per heavy atom. The zero-order valence-electron chi connectivity index (χ0n) is 22.9. The number of nitrogens with zero attached hydrogens (tertiary/aromatic N) is 4. The van der Waals surface area contributed by atoms with Gasteiger partial charge < -0.3 is 16.0 Å². The van der Waals surface area contributed by atoms with E-state index in [-0.39, 0.29) is 11.9 Å². The Labute approximate surface area is 223 Å². The van der Waals surface area contributed by atoms with E-state index < -0.39 is 0 Å². The van der Waals surface area contributed by atoms with E-state index in [0.717, 1.165) is 31.1 Å². The maximum atomic E-state index is 14.2. The van der Waals surface area contributed by atoms with Gasteiger partial charge in [-0.1, -0.05) is 50.8 Å². The van der Waals surface area contributed by atoms with Gasteiger partial charge in [-0.25, -0.2) is 14.4 Å². The van der Waals surface area contributed by atoms with Gasteiger partial charge in [0.25, 0.3) is 0 Å². The van der Waals surface area contributed by atoms with Crippen molar-refractivity contribution in [3.05, 3.63) is 60.3 Å². The molecule has 2 aromatic rings. The van der Waals surface area contributed by atoms with Crippen molar-refractivity contribution in [2.24, 2.45) is 11.7 Å². The molecule has 1 saturated carbocycles. The molecule has 2 aliphatic rings. The summed E-state index contributed by atoms with van der Waals surface area (Å²) in [6, 6.07) is 9.40. The predicted molar refractivity (Wildman–Crippen MR) is 153 cm³/mol. The number of aromatic nitrogens is 2. The number of halogens is 1. The maximum Gasteiger partial charge on any atom is 0.229 e. The highest BCUT2D eigenvalue weighted by Gasteiger charge is 2.28. The van der Waals surface area contributed by atoms with Crippen LogP contribution in [0.4, 0.5) is 16.0 Å². The zero-order valence-corrected chi connectivity index (χ0v) is 22.9. The molecule has 7 heteroatoms. The minimum absolute atomic E-state index is 0.236. The van der Waals surface area contributed by atoms with Crippen molar-refractivity contribution in [2.75, 3.05) is 32.1 Å². The molecule has 2 fully saturated rings. The largest absolute Gasteiger partial charge is 0.401 e. The van der Waals surface area contributed by atoms with E-state index in [2.05, 4.69) is 34.6 Å². The summed E-state index contributed by atoms with van der Waals surface area (Å²) in [5, 5.41) is 2.94. The molecule has 1 aromatic heterocycles. The minimum Gasteiger partial charge on any atom is -0.401 e. The number of terminal acetylenes is 1. The van der Waals surface area contributed by atoms with Gasteiger partial charge in [0.2, 0.25) is 5.95 Å². The molecular weight excluding hydrogens is 463 g/mol. The second-order valence-corrected chi connectivity index (χ2v) is 9.86. The summed E-state index contributed by atoms with van der Waals surface area (Å²) in [7, 11) is 3.68. The zero-order chi connectivity index (χ0) is 27.2. The number of nitrogens with one attached hydrogen (secondary N) is 1. The monoisotopic (exact) mass is 508 g/mol. The number of nitrogens with two attached hydrogens (primary N) is 1. The average Bonchev–Trinajstić information content (AvgIpc) is 3.42. The molecule has 37 heavy (non-hydrogen) atoms. The van der Waals surface area contributed by atoms with Crippen LogP contribution in [0.1, 0.15) is 70.0 Å². The highest BCUT2D eigenvalue weighted by molar-refractivity contribution is 5.56. The molecule has 0 spiro atoms. The number of hydrogen-bond acceptors (Lipinski definition) is 6. The number of likely N-dealkylation sites (N-methyl/N-ethyl adjacent to an activating group) is 1. The highest BCUT2D eigenvalue weighted by Crippen LogP contribution is 2.34. The first-order valence-corrected chi connectivity index (χ1v) is 13.4. The lowest BCUT2D eigenvalue weighted by atomic mass is 9.87. The molecule has 0 radical (unpaired) electrons. The summed E-state index contributed by atoms with van der Waals surface area (Å²) < 4.78 is 14.2. The molecular formula is C30H45FN6. The van der Waals surface area contributed by atoms with E-state index >= 15 is 0 Å². The Morgan fingerprint density at radius 2 is 1.89 bits per heavy atom. The number of benzene rings is 1. The Hall–Kier alpha value is -2.95. The van der Waals surface area contributed by atoms with E-state index in [0.29, 0.717) is 23.4 Å². The van der Waals surface area contributed by atoms with Crippen molar-refractivity contribution in [3.8, 4) is 12.8 Å². The minimum atomic E-state index is -0.256. The van der Waals surface area contributed by atoms with Crippen molar-refractivity contribution in [2.45, 2.75) is 70.4 Å². The van der Waals surface area contributed by atoms with E-state index in [1.54, 1.807) is 17.0 Å². The lowest BCUT2D eigenvalue weighted by molar-refractivity contribution is 0.216. The second-order valence-electron chi connectivity index (χ2n) is 9.86.